The maximum absolute atomic E-state index is 12.1. The molecule has 5 nitrogen and oxygen atoms in total. The molecule has 1 heterocycles. The molecule has 1 unspecified atom stereocenters. The topological polar surface area (TPSA) is 60.3 Å². The molecule has 0 fully saturated rings. The quantitative estimate of drug-likeness (QED) is 0.844. The summed E-state index contributed by atoms with van der Waals surface area (Å²) in [5.41, 5.74) is 0.512. The summed E-state index contributed by atoms with van der Waals surface area (Å²) in [5.74, 6) is -0.725. The highest BCUT2D eigenvalue weighted by Gasteiger charge is 2.20. The van der Waals surface area contributed by atoms with Crippen LogP contribution in [0.15, 0.2) is 16.7 Å². The van der Waals surface area contributed by atoms with Crippen LogP contribution >= 0.6 is 15.9 Å². The lowest BCUT2D eigenvalue weighted by atomic mass is 10.3. The lowest BCUT2D eigenvalue weighted by Gasteiger charge is -2.15. The van der Waals surface area contributed by atoms with E-state index in [0.717, 1.165) is 4.47 Å². The zero-order chi connectivity index (χ0) is 14.6. The van der Waals surface area contributed by atoms with Gasteiger partial charge in [-0.1, -0.05) is 0 Å². The first-order valence-electron chi connectivity index (χ1n) is 6.21. The van der Waals surface area contributed by atoms with Gasteiger partial charge in [0.2, 0.25) is 0 Å². The van der Waals surface area contributed by atoms with E-state index in [4.69, 9.17) is 4.74 Å². The van der Waals surface area contributed by atoms with Gasteiger partial charge in [-0.25, -0.2) is 4.79 Å². The Morgan fingerprint density at radius 1 is 1.42 bits per heavy atom. The monoisotopic (exact) mass is 330 g/mol. The molecule has 0 spiro atoms. The summed E-state index contributed by atoms with van der Waals surface area (Å²) in [5, 5.41) is 2.63. The van der Waals surface area contributed by atoms with Gasteiger partial charge in [0.25, 0.3) is 5.91 Å². The first kappa shape index (κ1) is 15.8. The van der Waals surface area contributed by atoms with Crippen LogP contribution in [0.3, 0.4) is 0 Å². The van der Waals surface area contributed by atoms with E-state index >= 15 is 0 Å². The Bertz CT molecular complexity index is 468. The summed E-state index contributed by atoms with van der Waals surface area (Å²) in [4.78, 5) is 23.6. The number of carbonyl (C=O) groups is 2. The highest BCUT2D eigenvalue weighted by Crippen LogP contribution is 2.19. The fourth-order valence-electron chi connectivity index (χ4n) is 1.65. The summed E-state index contributed by atoms with van der Waals surface area (Å²) in [7, 11) is 0. The van der Waals surface area contributed by atoms with Crippen molar-refractivity contribution >= 4 is 27.8 Å². The van der Waals surface area contributed by atoms with Crippen molar-refractivity contribution in [2.75, 3.05) is 6.61 Å². The molecule has 0 aliphatic heterocycles. The predicted molar refractivity (Wildman–Crippen MR) is 76.1 cm³/mol. The molecule has 1 atom stereocenters. The molecule has 1 amide bonds. The second-order valence-electron chi connectivity index (χ2n) is 4.49. The fraction of sp³-hybridized carbons (Fsp3) is 0.538. The van der Waals surface area contributed by atoms with Gasteiger partial charge in [0.15, 0.2) is 0 Å². The summed E-state index contributed by atoms with van der Waals surface area (Å²) in [6.45, 7) is 7.60. The Balaban J connectivity index is 2.81. The number of aromatic nitrogens is 1. The lowest BCUT2D eigenvalue weighted by Crippen LogP contribution is -2.40. The number of ether oxygens (including phenoxy) is 1. The first-order valence-corrected chi connectivity index (χ1v) is 7.01. The van der Waals surface area contributed by atoms with Crippen molar-refractivity contribution in [2.45, 2.75) is 39.8 Å². The maximum Gasteiger partial charge on any atom is 0.328 e. The molecule has 0 aliphatic rings. The molecule has 0 radical (unpaired) electrons. The Morgan fingerprint density at radius 3 is 2.58 bits per heavy atom. The number of esters is 1. The van der Waals surface area contributed by atoms with Gasteiger partial charge in [-0.05, 0) is 49.7 Å². The van der Waals surface area contributed by atoms with Crippen LogP contribution in [0.5, 0.6) is 0 Å². The summed E-state index contributed by atoms with van der Waals surface area (Å²) in [6, 6.07) is 1.22. The van der Waals surface area contributed by atoms with Crippen molar-refractivity contribution in [1.82, 2.24) is 9.88 Å². The van der Waals surface area contributed by atoms with Gasteiger partial charge in [-0.3, -0.25) is 4.79 Å². The van der Waals surface area contributed by atoms with Crippen molar-refractivity contribution in [3.05, 3.63) is 22.4 Å². The Morgan fingerprint density at radius 2 is 2.05 bits per heavy atom. The first-order chi connectivity index (χ1) is 8.86. The van der Waals surface area contributed by atoms with E-state index in [2.05, 4.69) is 21.2 Å². The van der Waals surface area contributed by atoms with E-state index in [-0.39, 0.29) is 11.9 Å². The second kappa shape index (κ2) is 6.75. The Hall–Kier alpha value is -1.30. The molecule has 1 aromatic heterocycles. The van der Waals surface area contributed by atoms with E-state index in [1.54, 1.807) is 19.9 Å². The average molecular weight is 331 g/mol. The van der Waals surface area contributed by atoms with E-state index in [1.165, 1.54) is 0 Å². The molecule has 19 heavy (non-hydrogen) atoms. The number of nitrogens with one attached hydrogen (secondary N) is 1. The largest absolute Gasteiger partial charge is 0.464 e. The minimum Gasteiger partial charge on any atom is -0.464 e. The van der Waals surface area contributed by atoms with Crippen molar-refractivity contribution in [3.63, 3.8) is 0 Å². The molecule has 0 aromatic carbocycles. The maximum atomic E-state index is 12.1. The normalized spacial score (nSPS) is 12.3. The molecule has 1 N–H and O–H groups in total. The van der Waals surface area contributed by atoms with Crippen LogP contribution in [0.25, 0.3) is 0 Å². The molecule has 0 bridgehead atoms. The third-order valence-electron chi connectivity index (χ3n) is 2.59. The van der Waals surface area contributed by atoms with Crippen LogP contribution in [0.1, 0.15) is 44.2 Å². The number of halogens is 1. The summed E-state index contributed by atoms with van der Waals surface area (Å²) >= 11 is 3.35. The molecular formula is C13H19BrN2O3. The van der Waals surface area contributed by atoms with Crippen LogP contribution in [0, 0.1) is 0 Å². The van der Waals surface area contributed by atoms with E-state index in [1.807, 2.05) is 24.6 Å². The number of nitrogens with zero attached hydrogens (tertiary/aromatic N) is 1. The second-order valence-corrected chi connectivity index (χ2v) is 5.41. The Labute approximate surface area is 121 Å². The molecule has 0 saturated carbocycles. The minimum atomic E-state index is -0.665. The number of hydrogen-bond donors (Lipinski definition) is 1. The van der Waals surface area contributed by atoms with Crippen LogP contribution in [0.4, 0.5) is 0 Å². The van der Waals surface area contributed by atoms with E-state index < -0.39 is 12.0 Å². The lowest BCUT2D eigenvalue weighted by molar-refractivity contribution is -0.144. The Kier molecular flexibility index (Phi) is 5.60. The number of amides is 1. The predicted octanol–water partition coefficient (Wildman–Crippen LogP) is 2.51. The van der Waals surface area contributed by atoms with Crippen LogP contribution in [0.2, 0.25) is 0 Å². The van der Waals surface area contributed by atoms with Gasteiger partial charge in [0, 0.05) is 16.7 Å². The van der Waals surface area contributed by atoms with E-state index in [0.29, 0.717) is 12.3 Å². The summed E-state index contributed by atoms with van der Waals surface area (Å²) < 4.78 is 7.53. The number of carbonyl (C=O) groups excluding carboxylic acids is 2. The van der Waals surface area contributed by atoms with Crippen LogP contribution < -0.4 is 5.32 Å². The van der Waals surface area contributed by atoms with Gasteiger partial charge >= 0.3 is 5.97 Å². The third kappa shape index (κ3) is 4.09. The van der Waals surface area contributed by atoms with Gasteiger partial charge in [-0.2, -0.15) is 0 Å². The molecule has 6 heteroatoms. The molecule has 106 valence electrons. The number of rotatable bonds is 5. The number of hydrogen-bond acceptors (Lipinski definition) is 3. The SMILES string of the molecule is CCOC(=O)C(C)NC(=O)c1cc(Br)cn1C(C)C. The third-order valence-corrected chi connectivity index (χ3v) is 3.03. The smallest absolute Gasteiger partial charge is 0.328 e. The minimum absolute atomic E-state index is 0.157. The van der Waals surface area contributed by atoms with Crippen molar-refractivity contribution in [2.24, 2.45) is 0 Å². The van der Waals surface area contributed by atoms with Crippen LogP contribution in [-0.2, 0) is 9.53 Å². The van der Waals surface area contributed by atoms with Crippen molar-refractivity contribution in [3.8, 4) is 0 Å². The highest BCUT2D eigenvalue weighted by atomic mass is 79.9. The van der Waals surface area contributed by atoms with Crippen molar-refractivity contribution < 1.29 is 14.3 Å². The van der Waals surface area contributed by atoms with E-state index in [9.17, 15) is 9.59 Å². The zero-order valence-electron chi connectivity index (χ0n) is 11.6. The average Bonchev–Trinajstić information content (AvgIpc) is 2.71. The molecule has 0 saturated heterocycles. The standard InChI is InChI=1S/C13H19BrN2O3/c1-5-19-13(18)9(4)15-12(17)11-6-10(14)7-16(11)8(2)3/h6-9H,5H2,1-4H3,(H,15,17). The molecule has 1 rings (SSSR count). The van der Waals surface area contributed by atoms with Crippen molar-refractivity contribution in [1.29, 1.82) is 0 Å². The van der Waals surface area contributed by atoms with Gasteiger partial charge in [0.1, 0.15) is 11.7 Å². The van der Waals surface area contributed by atoms with Gasteiger partial charge < -0.3 is 14.6 Å². The van der Waals surface area contributed by atoms with Crippen LogP contribution in [-0.4, -0.2) is 29.1 Å². The fourth-order valence-corrected chi connectivity index (χ4v) is 2.09. The molecule has 1 aromatic rings. The van der Waals surface area contributed by atoms with Gasteiger partial charge in [0.05, 0.1) is 6.61 Å². The zero-order valence-corrected chi connectivity index (χ0v) is 13.2. The highest BCUT2D eigenvalue weighted by molar-refractivity contribution is 9.10. The molecule has 0 aliphatic carbocycles. The van der Waals surface area contributed by atoms with Gasteiger partial charge in [-0.15, -0.1) is 0 Å². The summed E-state index contributed by atoms with van der Waals surface area (Å²) in [6.07, 6.45) is 1.84. The molecular weight excluding hydrogens is 312 g/mol.